The van der Waals surface area contributed by atoms with Crippen LogP contribution in [-0.2, 0) is 14.3 Å². The van der Waals surface area contributed by atoms with Crippen LogP contribution < -0.4 is 0 Å². The number of carbonyl (C=O) groups excluding carboxylic acids is 3. The summed E-state index contributed by atoms with van der Waals surface area (Å²) in [6, 6.07) is 13.4. The molecule has 1 aliphatic rings. The van der Waals surface area contributed by atoms with Crippen LogP contribution >= 0.6 is 0 Å². The van der Waals surface area contributed by atoms with E-state index >= 15 is 0 Å². The fourth-order valence-electron chi connectivity index (χ4n) is 3.49. The molecule has 0 bridgehead atoms. The van der Waals surface area contributed by atoms with Crippen LogP contribution in [0.4, 0.5) is 5.69 Å². The van der Waals surface area contributed by atoms with Crippen molar-refractivity contribution in [3.63, 3.8) is 0 Å². The van der Waals surface area contributed by atoms with Crippen LogP contribution in [0.15, 0.2) is 48.5 Å². The van der Waals surface area contributed by atoms with Gasteiger partial charge >= 0.3 is 5.97 Å². The van der Waals surface area contributed by atoms with E-state index in [1.807, 2.05) is 37.3 Å². The normalized spacial score (nSPS) is 16.9. The molecule has 0 unspecified atom stereocenters. The second-order valence-corrected chi connectivity index (χ2v) is 7.32. The fraction of sp³-hybridized carbons (Fsp3) is 0.318. The second kappa shape index (κ2) is 8.86. The molecule has 1 saturated heterocycles. The van der Waals surface area contributed by atoms with Gasteiger partial charge in [0.25, 0.3) is 5.69 Å². The summed E-state index contributed by atoms with van der Waals surface area (Å²) in [6.45, 7) is 3.16. The van der Waals surface area contributed by atoms with Crippen molar-refractivity contribution in [1.82, 2.24) is 4.90 Å². The lowest BCUT2D eigenvalue weighted by atomic mass is 10.1. The van der Waals surface area contributed by atoms with Gasteiger partial charge in [0, 0.05) is 30.2 Å². The van der Waals surface area contributed by atoms with Gasteiger partial charge in [0.2, 0.25) is 11.7 Å². The summed E-state index contributed by atoms with van der Waals surface area (Å²) in [5.74, 6) is -1.95. The topological polar surface area (TPSA) is 107 Å². The zero-order valence-corrected chi connectivity index (χ0v) is 16.7. The van der Waals surface area contributed by atoms with E-state index in [9.17, 15) is 24.5 Å². The SMILES string of the molecule is Cc1ccc(C(=O)COC(=O)[C@@H]2CC(=O)N([C@@H](C)c3ccccc3)C2)cc1[N+](=O)[O-]. The maximum Gasteiger partial charge on any atom is 0.311 e. The van der Waals surface area contributed by atoms with Crippen molar-refractivity contribution >= 4 is 23.3 Å². The summed E-state index contributed by atoms with van der Waals surface area (Å²) >= 11 is 0. The fourth-order valence-corrected chi connectivity index (χ4v) is 3.49. The van der Waals surface area contributed by atoms with Gasteiger partial charge in [0.05, 0.1) is 16.9 Å². The molecule has 1 aliphatic heterocycles. The molecule has 0 aromatic heterocycles. The van der Waals surface area contributed by atoms with Crippen molar-refractivity contribution in [2.24, 2.45) is 5.92 Å². The van der Waals surface area contributed by atoms with Crippen LogP contribution in [0, 0.1) is 23.0 Å². The van der Waals surface area contributed by atoms with Gasteiger partial charge in [-0.3, -0.25) is 24.5 Å². The van der Waals surface area contributed by atoms with Crippen LogP contribution in [0.25, 0.3) is 0 Å². The van der Waals surface area contributed by atoms with Crippen LogP contribution in [0.5, 0.6) is 0 Å². The van der Waals surface area contributed by atoms with E-state index < -0.39 is 29.2 Å². The molecule has 1 amide bonds. The first-order valence-electron chi connectivity index (χ1n) is 9.57. The van der Waals surface area contributed by atoms with Crippen LogP contribution in [-0.4, -0.2) is 40.6 Å². The lowest BCUT2D eigenvalue weighted by Crippen LogP contribution is -2.30. The minimum atomic E-state index is -0.649. The molecule has 0 saturated carbocycles. The first kappa shape index (κ1) is 21.2. The largest absolute Gasteiger partial charge is 0.457 e. The Morgan fingerprint density at radius 3 is 2.60 bits per heavy atom. The summed E-state index contributed by atoms with van der Waals surface area (Å²) in [6.07, 6.45) is 0.0280. The van der Waals surface area contributed by atoms with Gasteiger partial charge in [0.1, 0.15) is 0 Å². The maximum atomic E-state index is 12.4. The Kier molecular flexibility index (Phi) is 6.25. The lowest BCUT2D eigenvalue weighted by Gasteiger charge is -2.25. The molecule has 30 heavy (non-hydrogen) atoms. The smallest absolute Gasteiger partial charge is 0.311 e. The number of ketones is 1. The average Bonchev–Trinajstić information content (AvgIpc) is 3.13. The first-order valence-corrected chi connectivity index (χ1v) is 9.57. The summed E-state index contributed by atoms with van der Waals surface area (Å²) in [5, 5.41) is 11.0. The van der Waals surface area contributed by atoms with Gasteiger partial charge < -0.3 is 9.64 Å². The van der Waals surface area contributed by atoms with Crippen molar-refractivity contribution in [1.29, 1.82) is 0 Å². The number of likely N-dealkylation sites (tertiary alicyclic amines) is 1. The van der Waals surface area contributed by atoms with Gasteiger partial charge in [-0.1, -0.05) is 42.5 Å². The third-order valence-electron chi connectivity index (χ3n) is 5.31. The van der Waals surface area contributed by atoms with Gasteiger partial charge in [-0.25, -0.2) is 0 Å². The van der Waals surface area contributed by atoms with Crippen LogP contribution in [0.2, 0.25) is 0 Å². The van der Waals surface area contributed by atoms with Gasteiger partial charge in [-0.2, -0.15) is 0 Å². The van der Waals surface area contributed by atoms with E-state index in [1.165, 1.54) is 18.2 Å². The molecule has 0 spiro atoms. The number of nitro groups is 1. The lowest BCUT2D eigenvalue weighted by molar-refractivity contribution is -0.385. The Bertz CT molecular complexity index is 988. The quantitative estimate of drug-likeness (QED) is 0.300. The number of amides is 1. The maximum absolute atomic E-state index is 12.4. The number of hydrogen-bond donors (Lipinski definition) is 0. The van der Waals surface area contributed by atoms with Crippen molar-refractivity contribution in [2.75, 3.05) is 13.2 Å². The number of nitrogens with zero attached hydrogens (tertiary/aromatic N) is 2. The molecule has 2 aromatic rings. The predicted octanol–water partition coefficient (Wildman–Crippen LogP) is 3.24. The summed E-state index contributed by atoms with van der Waals surface area (Å²) in [7, 11) is 0. The highest BCUT2D eigenvalue weighted by atomic mass is 16.6. The number of carbonyl (C=O) groups is 3. The van der Waals surface area contributed by atoms with Crippen molar-refractivity contribution < 1.29 is 24.0 Å². The highest BCUT2D eigenvalue weighted by Gasteiger charge is 2.38. The Morgan fingerprint density at radius 1 is 1.23 bits per heavy atom. The third-order valence-corrected chi connectivity index (χ3v) is 5.31. The molecule has 0 N–H and O–H groups in total. The minimum absolute atomic E-state index is 0.0280. The zero-order valence-electron chi connectivity index (χ0n) is 16.7. The number of aryl methyl sites for hydroxylation is 1. The number of ether oxygens (including phenoxy) is 1. The second-order valence-electron chi connectivity index (χ2n) is 7.32. The molecule has 0 aliphatic carbocycles. The average molecular weight is 410 g/mol. The molecule has 156 valence electrons. The number of rotatable bonds is 7. The monoisotopic (exact) mass is 410 g/mol. The summed E-state index contributed by atoms with van der Waals surface area (Å²) < 4.78 is 5.12. The zero-order chi connectivity index (χ0) is 21.8. The molecule has 0 radical (unpaired) electrons. The Hall–Kier alpha value is -3.55. The van der Waals surface area contributed by atoms with E-state index in [4.69, 9.17) is 4.74 Å². The Labute approximate surface area is 173 Å². The standard InChI is InChI=1S/C22H22N2O6/c1-14-8-9-17(10-19(14)24(28)29)20(25)13-30-22(27)18-11-21(26)23(12-18)15(2)16-6-4-3-5-7-16/h3-10,15,18H,11-13H2,1-2H3/t15-,18+/m0/s1. The summed E-state index contributed by atoms with van der Waals surface area (Å²) in [5.41, 5.74) is 1.34. The Balaban J connectivity index is 1.59. The van der Waals surface area contributed by atoms with Crippen molar-refractivity contribution in [2.45, 2.75) is 26.3 Å². The van der Waals surface area contributed by atoms with E-state index in [0.29, 0.717) is 5.56 Å². The van der Waals surface area contributed by atoms with Gasteiger partial charge in [-0.05, 0) is 19.4 Å². The molecular formula is C22H22N2O6. The van der Waals surface area contributed by atoms with E-state index in [-0.39, 0.29) is 36.2 Å². The van der Waals surface area contributed by atoms with Gasteiger partial charge in [0.15, 0.2) is 6.61 Å². The minimum Gasteiger partial charge on any atom is -0.457 e. The van der Waals surface area contributed by atoms with E-state index in [0.717, 1.165) is 5.56 Å². The molecule has 2 atom stereocenters. The summed E-state index contributed by atoms with van der Waals surface area (Å²) in [4.78, 5) is 49.2. The van der Waals surface area contributed by atoms with Crippen molar-refractivity contribution in [3.8, 4) is 0 Å². The molecule has 3 rings (SSSR count). The number of benzene rings is 2. The predicted molar refractivity (Wildman–Crippen MR) is 108 cm³/mol. The number of Topliss-reactive ketones (excluding diaryl/α,β-unsaturated/α-hetero) is 1. The number of esters is 1. The number of hydrogen-bond acceptors (Lipinski definition) is 6. The van der Waals surface area contributed by atoms with E-state index in [2.05, 4.69) is 0 Å². The first-order chi connectivity index (χ1) is 14.3. The molecule has 2 aromatic carbocycles. The number of nitro benzene ring substituents is 1. The van der Waals surface area contributed by atoms with Gasteiger partial charge in [-0.15, -0.1) is 0 Å². The molecule has 1 heterocycles. The Morgan fingerprint density at radius 2 is 1.93 bits per heavy atom. The molecule has 1 fully saturated rings. The molecular weight excluding hydrogens is 388 g/mol. The highest BCUT2D eigenvalue weighted by Crippen LogP contribution is 2.29. The van der Waals surface area contributed by atoms with E-state index in [1.54, 1.807) is 11.8 Å². The van der Waals surface area contributed by atoms with Crippen LogP contribution in [0.3, 0.4) is 0 Å². The van der Waals surface area contributed by atoms with Crippen LogP contribution in [0.1, 0.15) is 40.9 Å². The molecule has 8 nitrogen and oxygen atoms in total. The highest BCUT2D eigenvalue weighted by molar-refractivity contribution is 5.99. The molecule has 8 heteroatoms. The third kappa shape index (κ3) is 4.53. The van der Waals surface area contributed by atoms with Crippen molar-refractivity contribution in [3.05, 3.63) is 75.3 Å².